The van der Waals surface area contributed by atoms with E-state index in [0.717, 1.165) is 51.4 Å². The van der Waals surface area contributed by atoms with Gasteiger partial charge in [0.15, 0.2) is 0 Å². The second-order valence-corrected chi connectivity index (χ2v) is 28.7. The first-order valence-corrected chi connectivity index (χ1v) is 27.7. The van der Waals surface area contributed by atoms with E-state index in [-0.39, 0.29) is 128 Å². The molecular weight excluding hydrogens is 992 g/mol. The minimum Gasteiger partial charge on any atom is -0.790 e. The Bertz CT molecular complexity index is 1660. The van der Waals surface area contributed by atoms with Crippen molar-refractivity contribution in [1.29, 1.82) is 0 Å². The van der Waals surface area contributed by atoms with Crippen LogP contribution in [-0.4, -0.2) is 168 Å². The van der Waals surface area contributed by atoms with Gasteiger partial charge in [-0.15, -0.1) is 0 Å². The summed E-state index contributed by atoms with van der Waals surface area (Å²) in [5.41, 5.74) is 2.99. The molecule has 11 N–H and O–H groups in total. The van der Waals surface area contributed by atoms with Gasteiger partial charge in [-0.25, -0.2) is 0 Å². The number of phosphoric ester groups is 1. The van der Waals surface area contributed by atoms with Crippen LogP contribution in [0.4, 0.5) is 0 Å². The fourth-order valence-corrected chi connectivity index (χ4v) is 13.2. The number of hydroxylamine groups is 10. The average Bonchev–Trinajstić information content (AvgIpc) is 3.17. The molecule has 5 aliphatic rings. The molecule has 0 radical (unpaired) electrons. The molecule has 5 fully saturated rings. The molecular formula is C51H108N9Na2O11P. The zero-order valence-electron chi connectivity index (χ0n) is 51.1. The largest absolute Gasteiger partial charge is 1.00 e. The van der Waals surface area contributed by atoms with Gasteiger partial charge in [0.25, 0.3) is 0 Å². The summed E-state index contributed by atoms with van der Waals surface area (Å²) >= 11 is 0. The van der Waals surface area contributed by atoms with Crippen molar-refractivity contribution in [3.8, 4) is 0 Å². The van der Waals surface area contributed by atoms with Gasteiger partial charge in [0.2, 0.25) is 5.91 Å². The van der Waals surface area contributed by atoms with Crippen LogP contribution in [0.5, 0.6) is 0 Å². The molecule has 0 aliphatic carbocycles. The first-order valence-electron chi connectivity index (χ1n) is 26.2. The second-order valence-electron chi connectivity index (χ2n) is 27.6. The molecule has 5 rings (SSSR count). The number of carbonyl (C=O) groups excluding carboxylic acids is 1. The van der Waals surface area contributed by atoms with Crippen LogP contribution in [0.3, 0.4) is 0 Å². The number of hydrogen-bond donors (Lipinski definition) is 10. The molecule has 5 aliphatic heterocycles. The summed E-state index contributed by atoms with van der Waals surface area (Å²) in [5.74, 6) is 0.0861. The van der Waals surface area contributed by atoms with Gasteiger partial charge in [-0.1, -0.05) is 6.92 Å². The van der Waals surface area contributed by atoms with Gasteiger partial charge >= 0.3 is 59.1 Å². The molecule has 0 unspecified atom stereocenters. The number of nitrogens with one attached hydrogen (secondary N) is 3. The molecule has 0 spiro atoms. The van der Waals surface area contributed by atoms with Crippen LogP contribution < -0.4 is 90.6 Å². The number of nitrogens with two attached hydrogens (primary N) is 1. The van der Waals surface area contributed by atoms with Crippen molar-refractivity contribution in [3.63, 3.8) is 0 Å². The number of rotatable bonds is 8. The summed E-state index contributed by atoms with van der Waals surface area (Å²) in [6.45, 7) is 42.3. The fourth-order valence-electron chi connectivity index (χ4n) is 12.6. The summed E-state index contributed by atoms with van der Waals surface area (Å²) < 4.78 is 15.1. The van der Waals surface area contributed by atoms with Crippen molar-refractivity contribution in [2.24, 2.45) is 5.73 Å². The van der Waals surface area contributed by atoms with Crippen LogP contribution in [0.25, 0.3) is 0 Å². The summed E-state index contributed by atoms with van der Waals surface area (Å²) in [4.78, 5) is 32.6. The van der Waals surface area contributed by atoms with E-state index in [4.69, 9.17) is 10.8 Å². The number of aliphatic hydroxyl groups excluding tert-OH is 1. The molecule has 5 heterocycles. The predicted octanol–water partition coefficient (Wildman–Crippen LogP) is 0.125. The maximum absolute atomic E-state index is 11.4. The molecule has 0 bridgehead atoms. The number of aliphatic hydroxyl groups is 1. The van der Waals surface area contributed by atoms with Crippen molar-refractivity contribution in [1.82, 2.24) is 41.3 Å². The standard InChI is InChI=1S/C12H24N2O2.C11H24N2O2.C10H22N2O.C9H20N2O.C9H20NO5P.2Na/c1-6-10(15)13-9-7-11(2,3)14(16)12(4,5)8-9;1-10(2)7-9(12-5-6-14)8-11(3,4)13(10)15;1-9(2)6-8(11-5)7-10(3,4)12(9)13;1-8(2)5-7(10)6-9(3,4)11(8)12;1-8(2)5-7(15-16(12,13)14)6-9(3,4)10(8)11;;/h9,16H,6-8H2,1-5H3,(H,13,15);9,12,14-15H,5-8H2,1-4H3;8,11,13H,6-7H2,1-5H3;7,12H,5-6,10H2,1-4H3;7,11H,5-6H2,1-4H3,(H2,12,13,14);;/q;;;;;2*+1/p-2. The third kappa shape index (κ3) is 23.1. The second kappa shape index (κ2) is 28.8. The Kier molecular flexibility index (Phi) is 30.0. The van der Waals surface area contributed by atoms with Crippen LogP contribution in [0.1, 0.15) is 216 Å². The quantitative estimate of drug-likeness (QED) is 0.114. The Morgan fingerprint density at radius 1 is 0.527 bits per heavy atom. The van der Waals surface area contributed by atoms with Crippen molar-refractivity contribution < 1.29 is 114 Å². The van der Waals surface area contributed by atoms with Gasteiger partial charge in [-0.2, -0.15) is 25.3 Å². The van der Waals surface area contributed by atoms with E-state index in [0.29, 0.717) is 37.9 Å². The maximum Gasteiger partial charge on any atom is 1.00 e. The topological polar surface area (TPSA) is 289 Å². The van der Waals surface area contributed by atoms with Crippen molar-refractivity contribution >= 4 is 13.7 Å². The van der Waals surface area contributed by atoms with Gasteiger partial charge in [0.05, 0.1) is 20.5 Å². The Hall–Kier alpha value is 1.02. The van der Waals surface area contributed by atoms with E-state index in [9.17, 15) is 45.2 Å². The Balaban J connectivity index is 0. The normalized spacial score (nSPS) is 26.8. The van der Waals surface area contributed by atoms with Gasteiger partial charge in [0, 0.05) is 92.5 Å². The smallest absolute Gasteiger partial charge is 0.790 e. The van der Waals surface area contributed by atoms with Gasteiger partial charge in [0.1, 0.15) is 0 Å². The molecule has 0 atom stereocenters. The van der Waals surface area contributed by atoms with E-state index in [1.54, 1.807) is 27.7 Å². The van der Waals surface area contributed by atoms with Crippen LogP contribution in [0.15, 0.2) is 0 Å². The maximum atomic E-state index is 11.4. The summed E-state index contributed by atoms with van der Waals surface area (Å²) in [6, 6.07) is 1.23. The Morgan fingerprint density at radius 2 is 0.784 bits per heavy atom. The van der Waals surface area contributed by atoms with E-state index < -0.39 is 25.0 Å². The summed E-state index contributed by atoms with van der Waals surface area (Å²) in [5, 5.41) is 75.4. The Labute approximate surface area is 493 Å². The van der Waals surface area contributed by atoms with E-state index >= 15 is 0 Å². The number of carbonyl (C=O) groups is 1. The molecule has 0 aromatic heterocycles. The summed E-state index contributed by atoms with van der Waals surface area (Å²) in [7, 11) is -2.98. The minimum atomic E-state index is -4.97. The van der Waals surface area contributed by atoms with Crippen LogP contribution in [0, 0.1) is 0 Å². The third-order valence-electron chi connectivity index (χ3n) is 15.1. The van der Waals surface area contributed by atoms with E-state index in [1.807, 2.05) is 97.1 Å². The van der Waals surface area contributed by atoms with Gasteiger partial charge in [-0.3, -0.25) is 4.79 Å². The van der Waals surface area contributed by atoms with Gasteiger partial charge < -0.3 is 71.7 Å². The third-order valence-corrected chi connectivity index (χ3v) is 15.7. The van der Waals surface area contributed by atoms with Gasteiger partial charge in [-0.05, 0) is 210 Å². The molecule has 430 valence electrons. The first-order chi connectivity index (χ1) is 32.0. The number of hydrogen-bond acceptors (Lipinski definition) is 19. The molecule has 1 amide bonds. The van der Waals surface area contributed by atoms with Crippen LogP contribution in [0.2, 0.25) is 0 Å². The zero-order valence-corrected chi connectivity index (χ0v) is 56.0. The molecule has 5 saturated heterocycles. The molecule has 0 aromatic rings. The predicted molar refractivity (Wildman–Crippen MR) is 279 cm³/mol. The number of piperidine rings is 5. The SMILES string of the molecule is CC1(C)CC(N)CC(C)(C)N1O.CC1(C)CC(NCCO)CC(C)(C)N1O.CC1(C)CC(OP(=O)([O-])[O-])CC(C)(C)N1O.CCC(=O)NC1CC(C)(C)N(O)C(C)(C)C1.CNC1CC(C)(C)N(O)C(C)(C)C1.[Na+].[Na+]. The van der Waals surface area contributed by atoms with Crippen molar-refractivity contribution in [2.45, 2.75) is 302 Å². The summed E-state index contributed by atoms with van der Waals surface area (Å²) in [6.07, 6.45) is 7.46. The van der Waals surface area contributed by atoms with Crippen LogP contribution in [-0.2, 0) is 13.9 Å². The molecule has 0 aromatic carbocycles. The number of phosphoric acid groups is 1. The molecule has 20 nitrogen and oxygen atoms in total. The molecule has 74 heavy (non-hydrogen) atoms. The number of amides is 1. The zero-order chi connectivity index (χ0) is 56.9. The molecule has 0 saturated carbocycles. The number of nitrogens with zero attached hydrogens (tertiary/aromatic N) is 5. The van der Waals surface area contributed by atoms with E-state index in [1.165, 1.54) is 25.3 Å². The monoisotopic (exact) mass is 1100 g/mol. The first kappa shape index (κ1) is 77.1. The Morgan fingerprint density at radius 3 is 1.04 bits per heavy atom. The van der Waals surface area contributed by atoms with Crippen LogP contribution >= 0.6 is 7.82 Å². The minimum absolute atomic E-state index is 0. The van der Waals surface area contributed by atoms with E-state index in [2.05, 4.69) is 48.2 Å². The van der Waals surface area contributed by atoms with Crippen molar-refractivity contribution in [2.75, 3.05) is 20.2 Å². The van der Waals surface area contributed by atoms with Crippen molar-refractivity contribution in [3.05, 3.63) is 0 Å². The fraction of sp³-hybridized carbons (Fsp3) is 0.980. The molecule has 23 heteroatoms. The average molecular weight is 1100 g/mol.